The van der Waals surface area contributed by atoms with Crippen LogP contribution in [0.3, 0.4) is 0 Å². The van der Waals surface area contributed by atoms with Gasteiger partial charge in [-0.3, -0.25) is 4.98 Å². The minimum absolute atomic E-state index is 0.102. The third kappa shape index (κ3) is 3.89. The molecule has 1 fully saturated rings. The van der Waals surface area contributed by atoms with Crippen molar-refractivity contribution in [1.82, 2.24) is 14.3 Å². The van der Waals surface area contributed by atoms with Crippen LogP contribution >= 0.6 is 11.6 Å². The fraction of sp³-hybridized carbons (Fsp3) is 0.211. The van der Waals surface area contributed by atoms with Gasteiger partial charge in [0, 0.05) is 11.6 Å². The summed E-state index contributed by atoms with van der Waals surface area (Å²) in [5, 5.41) is 10.5. The molecule has 3 N–H and O–H groups in total. The number of halogens is 1. The van der Waals surface area contributed by atoms with Crippen molar-refractivity contribution in [3.05, 3.63) is 69.7 Å². The number of imidazole rings is 1. The molecule has 8 nitrogen and oxygen atoms in total. The Morgan fingerprint density at radius 1 is 1.03 bits per heavy atom. The summed E-state index contributed by atoms with van der Waals surface area (Å²) in [4.78, 5) is 16.3. The van der Waals surface area contributed by atoms with Gasteiger partial charge in [0.2, 0.25) is 15.9 Å². The van der Waals surface area contributed by atoms with E-state index in [-0.39, 0.29) is 16.5 Å². The zero-order valence-electron chi connectivity index (χ0n) is 15.1. The number of nitrogens with zero attached hydrogens (tertiary/aromatic N) is 1. The lowest BCUT2D eigenvalue weighted by atomic mass is 10.2. The Bertz CT molecular complexity index is 1170. The normalized spacial score (nSPS) is 17.5. The Balaban J connectivity index is 1.57. The molecule has 152 valence electrons. The molecule has 0 bridgehead atoms. The largest absolute Gasteiger partial charge is 0.493 e. The van der Waals surface area contributed by atoms with E-state index in [1.54, 1.807) is 36.4 Å². The second-order valence-electron chi connectivity index (χ2n) is 6.64. The van der Waals surface area contributed by atoms with Gasteiger partial charge in [-0.25, -0.2) is 13.2 Å². The zero-order chi connectivity index (χ0) is 20.6. The summed E-state index contributed by atoms with van der Waals surface area (Å²) in [5.74, 6) is 0.724. The lowest BCUT2D eigenvalue weighted by Crippen LogP contribution is -2.31. The van der Waals surface area contributed by atoms with E-state index in [0.717, 1.165) is 0 Å². The summed E-state index contributed by atoms with van der Waals surface area (Å²) in [7, 11) is -3.83. The van der Waals surface area contributed by atoms with Gasteiger partial charge in [-0.1, -0.05) is 11.6 Å². The van der Waals surface area contributed by atoms with Gasteiger partial charge in [0.15, 0.2) is 0 Å². The number of aromatic amines is 2. The Labute approximate surface area is 171 Å². The molecule has 29 heavy (non-hydrogen) atoms. The third-order valence-electron chi connectivity index (χ3n) is 4.75. The van der Waals surface area contributed by atoms with Gasteiger partial charge in [-0.15, -0.1) is 0 Å². The fourth-order valence-electron chi connectivity index (χ4n) is 3.40. The molecule has 1 aliphatic heterocycles. The van der Waals surface area contributed by atoms with E-state index in [4.69, 9.17) is 16.3 Å². The third-order valence-corrected chi connectivity index (χ3v) is 6.93. The first-order valence-corrected chi connectivity index (χ1v) is 10.7. The molecular formula is C19H18ClN3O5S. The maximum absolute atomic E-state index is 13.1. The van der Waals surface area contributed by atoms with Gasteiger partial charge in [0.25, 0.3) is 0 Å². The second-order valence-corrected chi connectivity index (χ2v) is 8.97. The van der Waals surface area contributed by atoms with Gasteiger partial charge < -0.3 is 14.8 Å². The molecule has 1 aliphatic rings. The summed E-state index contributed by atoms with van der Waals surface area (Å²) in [5.41, 5.74) is -0.399. The van der Waals surface area contributed by atoms with Crippen molar-refractivity contribution in [3.8, 4) is 17.4 Å². The summed E-state index contributed by atoms with van der Waals surface area (Å²) in [6.07, 6.45) is 1.12. The van der Waals surface area contributed by atoms with Crippen molar-refractivity contribution >= 4 is 21.6 Å². The van der Waals surface area contributed by atoms with E-state index in [1.165, 1.54) is 16.4 Å². The summed E-state index contributed by atoms with van der Waals surface area (Å²) < 4.78 is 33.2. The number of hydrogen-bond donors (Lipinski definition) is 3. The Hall–Kier alpha value is -2.75. The molecule has 1 saturated heterocycles. The molecule has 0 radical (unpaired) electrons. The van der Waals surface area contributed by atoms with E-state index in [1.807, 2.05) is 0 Å². The molecule has 4 rings (SSSR count). The Morgan fingerprint density at radius 2 is 1.66 bits per heavy atom. The van der Waals surface area contributed by atoms with Crippen molar-refractivity contribution in [1.29, 1.82) is 0 Å². The Kier molecular flexibility index (Phi) is 5.12. The van der Waals surface area contributed by atoms with Crippen LogP contribution in [0.1, 0.15) is 24.6 Å². The number of nitrogens with one attached hydrogen (secondary N) is 2. The highest BCUT2D eigenvalue weighted by Crippen LogP contribution is 2.38. The maximum Gasteiger partial charge on any atom is 0.326 e. The smallest absolute Gasteiger partial charge is 0.326 e. The predicted octanol–water partition coefficient (Wildman–Crippen LogP) is 3.38. The van der Waals surface area contributed by atoms with Gasteiger partial charge in [0.05, 0.1) is 16.6 Å². The number of aromatic nitrogens is 2. The van der Waals surface area contributed by atoms with Crippen LogP contribution in [0, 0.1) is 0 Å². The number of hydrogen-bond acceptors (Lipinski definition) is 5. The number of benzene rings is 2. The molecule has 0 aliphatic carbocycles. The van der Waals surface area contributed by atoms with Crippen LogP contribution in [0.2, 0.25) is 5.02 Å². The van der Waals surface area contributed by atoms with Gasteiger partial charge in [0.1, 0.15) is 11.5 Å². The SMILES string of the molecule is O=c1[nH]c(O)c([C@H]2CCCN2S(=O)(=O)c2ccc(Oc3ccc(Cl)cc3)cc2)[nH]1. The molecular weight excluding hydrogens is 418 g/mol. The first-order chi connectivity index (χ1) is 13.8. The summed E-state index contributed by atoms with van der Waals surface area (Å²) in [6, 6.07) is 12.3. The van der Waals surface area contributed by atoms with Crippen LogP contribution in [0.25, 0.3) is 0 Å². The quantitative estimate of drug-likeness (QED) is 0.568. The van der Waals surface area contributed by atoms with Crippen molar-refractivity contribution in [3.63, 3.8) is 0 Å². The lowest BCUT2D eigenvalue weighted by molar-refractivity contribution is 0.371. The Morgan fingerprint density at radius 3 is 2.24 bits per heavy atom. The van der Waals surface area contributed by atoms with Crippen LogP contribution in [-0.4, -0.2) is 34.3 Å². The van der Waals surface area contributed by atoms with Gasteiger partial charge in [-0.05, 0) is 61.4 Å². The molecule has 10 heteroatoms. The zero-order valence-corrected chi connectivity index (χ0v) is 16.7. The first-order valence-electron chi connectivity index (χ1n) is 8.91. The average Bonchev–Trinajstić information content (AvgIpc) is 3.30. The average molecular weight is 436 g/mol. The number of sulfonamides is 1. The molecule has 0 unspecified atom stereocenters. The van der Waals surface area contributed by atoms with Gasteiger partial charge >= 0.3 is 5.69 Å². The minimum Gasteiger partial charge on any atom is -0.493 e. The monoisotopic (exact) mass is 435 g/mol. The highest BCUT2D eigenvalue weighted by Gasteiger charge is 2.38. The molecule has 0 spiro atoms. The number of ether oxygens (including phenoxy) is 1. The molecule has 0 saturated carbocycles. The van der Waals surface area contributed by atoms with Crippen LogP contribution < -0.4 is 10.4 Å². The lowest BCUT2D eigenvalue weighted by Gasteiger charge is -2.23. The molecule has 3 aromatic rings. The van der Waals surface area contributed by atoms with E-state index in [2.05, 4.69) is 9.97 Å². The van der Waals surface area contributed by atoms with Crippen molar-refractivity contribution in [2.75, 3.05) is 6.54 Å². The minimum atomic E-state index is -3.83. The van der Waals surface area contributed by atoms with Crippen molar-refractivity contribution in [2.45, 2.75) is 23.8 Å². The van der Waals surface area contributed by atoms with E-state index < -0.39 is 21.8 Å². The molecule has 2 aromatic carbocycles. The molecule has 0 amide bonds. The van der Waals surface area contributed by atoms with Crippen LogP contribution in [0.15, 0.2) is 58.2 Å². The van der Waals surface area contributed by atoms with Crippen LogP contribution in [0.5, 0.6) is 17.4 Å². The standard InChI is InChI=1S/C19H18ClN3O5S/c20-12-3-5-13(6-4-12)28-14-7-9-15(10-8-14)29(26,27)23-11-1-2-16(23)17-18(24)22-19(25)21-17/h3-10,16,24H,1-2,11H2,(H2,21,22,25)/t16-/m1/s1. The summed E-state index contributed by atoms with van der Waals surface area (Å²) >= 11 is 5.85. The number of H-pyrrole nitrogens is 2. The van der Waals surface area contributed by atoms with E-state index in [0.29, 0.717) is 35.9 Å². The first kappa shape index (κ1) is 19.6. The van der Waals surface area contributed by atoms with Crippen LogP contribution in [0.4, 0.5) is 0 Å². The van der Waals surface area contributed by atoms with Gasteiger partial charge in [-0.2, -0.15) is 4.31 Å². The van der Waals surface area contributed by atoms with Crippen LogP contribution in [-0.2, 0) is 10.0 Å². The summed E-state index contributed by atoms with van der Waals surface area (Å²) in [6.45, 7) is 0.294. The molecule has 2 heterocycles. The van der Waals surface area contributed by atoms with Crippen molar-refractivity contribution < 1.29 is 18.3 Å². The maximum atomic E-state index is 13.1. The molecule has 1 aromatic heterocycles. The predicted molar refractivity (Wildman–Crippen MR) is 107 cm³/mol. The highest BCUT2D eigenvalue weighted by molar-refractivity contribution is 7.89. The number of rotatable bonds is 5. The molecule has 1 atom stereocenters. The topological polar surface area (TPSA) is 115 Å². The number of aromatic hydroxyl groups is 1. The highest BCUT2D eigenvalue weighted by atomic mass is 35.5. The van der Waals surface area contributed by atoms with E-state index >= 15 is 0 Å². The van der Waals surface area contributed by atoms with E-state index in [9.17, 15) is 18.3 Å². The fourth-order valence-corrected chi connectivity index (χ4v) is 5.19. The van der Waals surface area contributed by atoms with Crippen molar-refractivity contribution in [2.24, 2.45) is 0 Å². The second kappa shape index (κ2) is 7.58.